The van der Waals surface area contributed by atoms with Crippen molar-refractivity contribution in [3.63, 3.8) is 0 Å². The van der Waals surface area contributed by atoms with Gasteiger partial charge >= 0.3 is 0 Å². The Bertz CT molecular complexity index is 1940. The van der Waals surface area contributed by atoms with Gasteiger partial charge in [0.25, 0.3) is 0 Å². The average Bonchev–Trinajstić information content (AvgIpc) is 3.72. The van der Waals surface area contributed by atoms with Gasteiger partial charge in [0.05, 0.1) is 41.1 Å². The molecule has 0 unspecified atom stereocenters. The molecule has 0 radical (unpaired) electrons. The fraction of sp³-hybridized carbons (Fsp3) is 0.512. The molecule has 8 fully saturated rings. The Morgan fingerprint density at radius 2 is 1.00 bits per heavy atom. The van der Waals surface area contributed by atoms with Crippen LogP contribution in [0.15, 0.2) is 47.5 Å². The molecule has 8 bridgehead atoms. The van der Waals surface area contributed by atoms with Crippen molar-refractivity contribution >= 4 is 77.6 Å². The van der Waals surface area contributed by atoms with E-state index in [9.17, 15) is 5.11 Å². The Kier molecular flexibility index (Phi) is 8.42. The van der Waals surface area contributed by atoms with Crippen LogP contribution in [0.5, 0.6) is 11.5 Å². The fourth-order valence-electron chi connectivity index (χ4n) is 11.4. The SMILES string of the molecule is COC(=C1C2CC3CC(C2)CC1C3)c1cc2c(Cl)c(O)ccc2s1.COC(=C1C2CC3CC(C2)CC1C3)c1cc2c(Cl)c(OC)ccc2s1. The molecule has 12 rings (SSSR count). The maximum absolute atomic E-state index is 9.87. The number of rotatable bonds is 5. The summed E-state index contributed by atoms with van der Waals surface area (Å²) in [6.07, 6.45) is 13.8. The first-order valence-electron chi connectivity index (χ1n) is 18.1. The molecule has 8 heteroatoms. The molecule has 0 saturated heterocycles. The lowest BCUT2D eigenvalue weighted by Gasteiger charge is -2.51. The maximum Gasteiger partial charge on any atom is 0.138 e. The second-order valence-electron chi connectivity index (χ2n) is 15.6. The molecule has 2 heterocycles. The minimum absolute atomic E-state index is 0.148. The van der Waals surface area contributed by atoms with E-state index < -0.39 is 0 Å². The number of hydrogen-bond donors (Lipinski definition) is 1. The first kappa shape index (κ1) is 32.5. The van der Waals surface area contributed by atoms with Gasteiger partial charge in [-0.15, -0.1) is 22.7 Å². The van der Waals surface area contributed by atoms with Crippen LogP contribution in [0.3, 0.4) is 0 Å². The standard InChI is InChI=1S/C21H23ClO2S.C20H21ClO2S/c1-23-16-3-4-17-15(20(16)22)10-18(25-17)21(24-2)19-13-6-11-5-12(8-13)9-14(19)7-11;1-23-20(17-9-14-16(24-17)3-2-15(22)19(14)21)18-12-5-10-4-11(7-12)8-13(18)6-10/h3-4,10-14H,5-9H2,1-2H3;2-3,9-13,22H,4-8H2,1H3. The van der Waals surface area contributed by atoms with E-state index in [4.69, 9.17) is 37.4 Å². The van der Waals surface area contributed by atoms with Crippen LogP contribution in [-0.4, -0.2) is 26.4 Å². The summed E-state index contributed by atoms with van der Waals surface area (Å²) in [4.78, 5) is 2.37. The molecule has 0 atom stereocenters. The topological polar surface area (TPSA) is 47.9 Å². The zero-order valence-electron chi connectivity index (χ0n) is 28.4. The molecule has 8 saturated carbocycles. The smallest absolute Gasteiger partial charge is 0.138 e. The van der Waals surface area contributed by atoms with Gasteiger partial charge in [-0.2, -0.15) is 0 Å². The average molecular weight is 736 g/mol. The van der Waals surface area contributed by atoms with Gasteiger partial charge in [-0.3, -0.25) is 0 Å². The molecular weight excluding hydrogens is 691 g/mol. The summed E-state index contributed by atoms with van der Waals surface area (Å²) in [5.41, 5.74) is 3.17. The highest BCUT2D eigenvalue weighted by Gasteiger charge is 2.48. The Labute approximate surface area is 307 Å². The predicted molar refractivity (Wildman–Crippen MR) is 204 cm³/mol. The highest BCUT2D eigenvalue weighted by Crippen LogP contribution is 2.60. The van der Waals surface area contributed by atoms with Crippen LogP contribution < -0.4 is 4.74 Å². The maximum atomic E-state index is 9.87. The van der Waals surface area contributed by atoms with Crippen LogP contribution in [0.2, 0.25) is 10.0 Å². The molecule has 8 aliphatic carbocycles. The predicted octanol–water partition coefficient (Wildman–Crippen LogP) is 12.5. The molecule has 2 aromatic heterocycles. The van der Waals surface area contributed by atoms with E-state index in [1.807, 2.05) is 19.2 Å². The van der Waals surface area contributed by atoms with Crippen molar-refractivity contribution in [1.82, 2.24) is 0 Å². The molecule has 8 aliphatic rings. The first-order valence-corrected chi connectivity index (χ1v) is 20.4. The molecule has 1 N–H and O–H groups in total. The largest absolute Gasteiger partial charge is 0.506 e. The second kappa shape index (κ2) is 12.7. The summed E-state index contributed by atoms with van der Waals surface area (Å²) < 4.78 is 19.6. The van der Waals surface area contributed by atoms with E-state index in [2.05, 4.69) is 18.2 Å². The fourth-order valence-corrected chi connectivity index (χ4v) is 14.2. The van der Waals surface area contributed by atoms with Crippen molar-refractivity contribution in [3.05, 3.63) is 67.3 Å². The van der Waals surface area contributed by atoms with Gasteiger partial charge in [0.2, 0.25) is 0 Å². The van der Waals surface area contributed by atoms with Crippen molar-refractivity contribution in [1.29, 1.82) is 0 Å². The van der Waals surface area contributed by atoms with Crippen LogP contribution in [0.1, 0.15) is 74.0 Å². The van der Waals surface area contributed by atoms with Gasteiger partial charge in [-0.25, -0.2) is 0 Å². The van der Waals surface area contributed by atoms with Crippen LogP contribution in [0.25, 0.3) is 31.7 Å². The number of methoxy groups -OCH3 is 3. The lowest BCUT2D eigenvalue weighted by Crippen LogP contribution is -2.40. The van der Waals surface area contributed by atoms with Gasteiger partial charge in [-0.05, 0) is 159 Å². The first-order chi connectivity index (χ1) is 23.8. The van der Waals surface area contributed by atoms with Crippen molar-refractivity contribution in [3.8, 4) is 11.5 Å². The van der Waals surface area contributed by atoms with Crippen LogP contribution in [-0.2, 0) is 9.47 Å². The Morgan fingerprint density at radius 3 is 1.41 bits per heavy atom. The Balaban J connectivity index is 0.000000133. The number of benzene rings is 2. The number of fused-ring (bicyclic) bond motifs is 2. The van der Waals surface area contributed by atoms with Gasteiger partial charge in [-0.1, -0.05) is 23.2 Å². The highest BCUT2D eigenvalue weighted by molar-refractivity contribution is 7.20. The van der Waals surface area contributed by atoms with E-state index in [1.54, 1.807) is 54.1 Å². The lowest BCUT2D eigenvalue weighted by molar-refractivity contribution is 0.0675. The monoisotopic (exact) mass is 734 g/mol. The molecule has 258 valence electrons. The summed E-state index contributed by atoms with van der Waals surface area (Å²) in [7, 11) is 5.30. The number of allylic oxidation sites excluding steroid dienone is 2. The van der Waals surface area contributed by atoms with Crippen LogP contribution in [0.4, 0.5) is 0 Å². The number of aromatic hydroxyl groups is 1. The minimum Gasteiger partial charge on any atom is -0.506 e. The number of halogens is 2. The summed E-state index contributed by atoms with van der Waals surface area (Å²) in [5, 5.41) is 13.0. The third-order valence-electron chi connectivity index (χ3n) is 12.8. The van der Waals surface area contributed by atoms with Crippen molar-refractivity contribution in [2.24, 2.45) is 47.3 Å². The van der Waals surface area contributed by atoms with Crippen LogP contribution >= 0.6 is 45.9 Å². The normalized spacial score (nSPS) is 30.6. The van der Waals surface area contributed by atoms with Crippen molar-refractivity contribution in [2.75, 3.05) is 21.3 Å². The van der Waals surface area contributed by atoms with E-state index in [0.29, 0.717) is 21.9 Å². The summed E-state index contributed by atoms with van der Waals surface area (Å²) >= 11 is 16.3. The minimum atomic E-state index is 0.148. The zero-order chi connectivity index (χ0) is 33.6. The quantitative estimate of drug-likeness (QED) is 0.207. The van der Waals surface area contributed by atoms with E-state index in [-0.39, 0.29) is 5.75 Å². The highest BCUT2D eigenvalue weighted by atomic mass is 35.5. The number of thiophene rings is 2. The molecule has 4 nitrogen and oxygen atoms in total. The number of phenols is 1. The molecule has 0 amide bonds. The number of hydrogen-bond acceptors (Lipinski definition) is 6. The van der Waals surface area contributed by atoms with Crippen molar-refractivity contribution < 1.29 is 19.3 Å². The summed E-state index contributed by atoms with van der Waals surface area (Å²) in [6, 6.07) is 12.0. The Morgan fingerprint density at radius 1 is 0.592 bits per heavy atom. The lowest BCUT2D eigenvalue weighted by atomic mass is 9.54. The molecule has 0 spiro atoms. The molecule has 0 aliphatic heterocycles. The van der Waals surface area contributed by atoms with Crippen molar-refractivity contribution in [2.45, 2.75) is 64.2 Å². The van der Waals surface area contributed by atoms with Gasteiger partial charge in [0, 0.05) is 20.2 Å². The van der Waals surface area contributed by atoms with E-state index >= 15 is 0 Å². The van der Waals surface area contributed by atoms with E-state index in [0.717, 1.165) is 73.1 Å². The zero-order valence-corrected chi connectivity index (χ0v) is 31.5. The van der Waals surface area contributed by atoms with E-state index in [1.165, 1.54) is 73.8 Å². The molecular formula is C41H44Cl2O4S2. The Hall–Kier alpha value is -2.38. The number of phenolic OH excluding ortho intramolecular Hbond substituents is 1. The molecule has 4 aromatic rings. The molecule has 2 aromatic carbocycles. The van der Waals surface area contributed by atoms with Gasteiger partial charge < -0.3 is 19.3 Å². The van der Waals surface area contributed by atoms with Gasteiger partial charge in [0.15, 0.2) is 0 Å². The van der Waals surface area contributed by atoms with Gasteiger partial charge in [0.1, 0.15) is 23.0 Å². The number of ether oxygens (including phenoxy) is 3. The third-order valence-corrected chi connectivity index (χ3v) is 15.8. The molecule has 49 heavy (non-hydrogen) atoms. The summed E-state index contributed by atoms with van der Waals surface area (Å²) in [6.45, 7) is 0. The third kappa shape index (κ3) is 5.50. The second-order valence-corrected chi connectivity index (χ2v) is 18.5. The summed E-state index contributed by atoms with van der Waals surface area (Å²) in [5.74, 6) is 9.82. The van der Waals surface area contributed by atoms with Crippen LogP contribution in [0, 0.1) is 47.3 Å².